The number of rotatable bonds is 4. The Labute approximate surface area is 180 Å². The van der Waals surface area contributed by atoms with E-state index in [2.05, 4.69) is 19.9 Å². The van der Waals surface area contributed by atoms with Gasteiger partial charge in [-0.2, -0.15) is 5.26 Å². The van der Waals surface area contributed by atoms with Gasteiger partial charge >= 0.3 is 0 Å². The van der Waals surface area contributed by atoms with Crippen molar-refractivity contribution in [3.63, 3.8) is 0 Å². The summed E-state index contributed by atoms with van der Waals surface area (Å²) in [5.41, 5.74) is 8.53. The van der Waals surface area contributed by atoms with Crippen LogP contribution < -0.4 is 15.5 Å². The fourth-order valence-corrected chi connectivity index (χ4v) is 3.50. The molecule has 1 fully saturated rings. The van der Waals surface area contributed by atoms with Crippen molar-refractivity contribution in [1.82, 2.24) is 19.9 Å². The highest BCUT2D eigenvalue weighted by Crippen LogP contribution is 2.32. The topological polar surface area (TPSA) is 108 Å². The fraction of sp³-hybridized carbons (Fsp3) is 0.318. The third-order valence-electron chi connectivity index (χ3n) is 5.31. The van der Waals surface area contributed by atoms with E-state index >= 15 is 0 Å². The second-order valence-corrected chi connectivity index (χ2v) is 7.73. The zero-order chi connectivity index (χ0) is 22.0. The summed E-state index contributed by atoms with van der Waals surface area (Å²) in [6, 6.07) is 6.52. The zero-order valence-corrected chi connectivity index (χ0v) is 17.5. The van der Waals surface area contributed by atoms with E-state index in [9.17, 15) is 4.39 Å². The van der Waals surface area contributed by atoms with Crippen LogP contribution in [0.2, 0.25) is 0 Å². The molecule has 1 aliphatic heterocycles. The molecule has 8 nitrogen and oxygen atoms in total. The first kappa shape index (κ1) is 20.6. The molecule has 0 unspecified atom stereocenters. The third kappa shape index (κ3) is 4.29. The van der Waals surface area contributed by atoms with Crippen LogP contribution in [-0.4, -0.2) is 53.2 Å². The normalized spacial score (nSPS) is 14.4. The van der Waals surface area contributed by atoms with Crippen molar-refractivity contribution < 1.29 is 4.39 Å². The van der Waals surface area contributed by atoms with Gasteiger partial charge in [0.2, 0.25) is 11.9 Å². The molecule has 9 heteroatoms. The summed E-state index contributed by atoms with van der Waals surface area (Å²) in [4.78, 5) is 22.0. The summed E-state index contributed by atoms with van der Waals surface area (Å²) in [7, 11) is 3.73. The lowest BCUT2D eigenvalue weighted by atomic mass is 10.0. The number of halogens is 1. The Kier molecular flexibility index (Phi) is 5.73. The molecule has 1 aromatic carbocycles. The van der Waals surface area contributed by atoms with Crippen molar-refractivity contribution in [1.29, 1.82) is 5.26 Å². The smallest absolute Gasteiger partial charge is 0.225 e. The van der Waals surface area contributed by atoms with Gasteiger partial charge in [0.05, 0.1) is 11.3 Å². The maximum Gasteiger partial charge on any atom is 0.225 e. The van der Waals surface area contributed by atoms with Gasteiger partial charge in [0.25, 0.3) is 0 Å². The highest BCUT2D eigenvalue weighted by Gasteiger charge is 2.21. The van der Waals surface area contributed by atoms with E-state index in [0.29, 0.717) is 28.7 Å². The Hall–Kier alpha value is -3.64. The molecule has 0 radical (unpaired) electrons. The molecule has 3 aromatic rings. The third-order valence-corrected chi connectivity index (χ3v) is 5.31. The molecule has 1 saturated heterocycles. The molecule has 2 aromatic heterocycles. The van der Waals surface area contributed by atoms with Crippen molar-refractivity contribution in [3.05, 3.63) is 48.2 Å². The van der Waals surface area contributed by atoms with E-state index in [0.717, 1.165) is 31.5 Å². The molecule has 1 aliphatic rings. The SMILES string of the molecule is CN(C)c1ncc(-c2cnc(N3CCC(N)CC3)nc2-c2ccc(C#N)c(F)c2)cn1. The van der Waals surface area contributed by atoms with Crippen molar-refractivity contribution in [2.75, 3.05) is 37.0 Å². The summed E-state index contributed by atoms with van der Waals surface area (Å²) in [5.74, 6) is 0.562. The van der Waals surface area contributed by atoms with Crippen LogP contribution in [0.15, 0.2) is 36.8 Å². The van der Waals surface area contributed by atoms with Crippen LogP contribution in [0.25, 0.3) is 22.4 Å². The molecule has 31 heavy (non-hydrogen) atoms. The molecule has 0 amide bonds. The minimum absolute atomic E-state index is 0.0109. The second kappa shape index (κ2) is 8.62. The minimum atomic E-state index is -0.589. The van der Waals surface area contributed by atoms with Gasteiger partial charge in [-0.15, -0.1) is 0 Å². The lowest BCUT2D eigenvalue weighted by Gasteiger charge is -2.30. The second-order valence-electron chi connectivity index (χ2n) is 7.73. The molecular weight excluding hydrogens is 395 g/mol. The average Bonchev–Trinajstić information content (AvgIpc) is 2.79. The van der Waals surface area contributed by atoms with E-state index in [-0.39, 0.29) is 11.6 Å². The molecule has 2 N–H and O–H groups in total. The van der Waals surface area contributed by atoms with Crippen LogP contribution in [0.4, 0.5) is 16.3 Å². The number of nitriles is 1. The quantitative estimate of drug-likeness (QED) is 0.689. The van der Waals surface area contributed by atoms with Crippen molar-refractivity contribution >= 4 is 11.9 Å². The van der Waals surface area contributed by atoms with Gasteiger partial charge in [-0.3, -0.25) is 0 Å². The maximum atomic E-state index is 14.4. The number of aromatic nitrogens is 4. The zero-order valence-electron chi connectivity index (χ0n) is 17.5. The lowest BCUT2D eigenvalue weighted by molar-refractivity contribution is 0.495. The van der Waals surface area contributed by atoms with Crippen LogP contribution in [0, 0.1) is 17.1 Å². The van der Waals surface area contributed by atoms with Gasteiger partial charge < -0.3 is 15.5 Å². The molecule has 0 saturated carbocycles. The summed E-state index contributed by atoms with van der Waals surface area (Å²) in [6.07, 6.45) is 6.85. The van der Waals surface area contributed by atoms with E-state index in [1.807, 2.05) is 20.2 Å². The van der Waals surface area contributed by atoms with Crippen LogP contribution in [0.5, 0.6) is 0 Å². The number of nitrogens with two attached hydrogens (primary N) is 1. The molecular formula is C22H23FN8. The number of anilines is 2. The molecule has 0 atom stereocenters. The van der Waals surface area contributed by atoms with Crippen LogP contribution in [0.1, 0.15) is 18.4 Å². The summed E-state index contributed by atoms with van der Waals surface area (Å²) >= 11 is 0. The number of nitrogens with zero attached hydrogens (tertiary/aromatic N) is 7. The van der Waals surface area contributed by atoms with E-state index in [1.54, 1.807) is 29.6 Å². The lowest BCUT2D eigenvalue weighted by Crippen LogP contribution is -2.40. The first-order valence-electron chi connectivity index (χ1n) is 10.0. The molecule has 0 aliphatic carbocycles. The highest BCUT2D eigenvalue weighted by molar-refractivity contribution is 5.80. The number of hydrogen-bond acceptors (Lipinski definition) is 8. The van der Waals surface area contributed by atoms with E-state index in [1.165, 1.54) is 12.1 Å². The predicted octanol–water partition coefficient (Wildman–Crippen LogP) is 2.60. The average molecular weight is 418 g/mol. The standard InChI is InChI=1S/C22H23FN8/c1-30(2)21-26-11-16(12-27-21)18-13-28-22(31-7-5-17(25)6-8-31)29-20(18)14-3-4-15(10-24)19(23)9-14/h3-4,9,11-13,17H,5-8,25H2,1-2H3. The molecule has 3 heterocycles. The molecule has 0 bridgehead atoms. The number of hydrogen-bond donors (Lipinski definition) is 1. The highest BCUT2D eigenvalue weighted by atomic mass is 19.1. The molecule has 0 spiro atoms. The van der Waals surface area contributed by atoms with Gasteiger partial charge in [0.1, 0.15) is 11.9 Å². The van der Waals surface area contributed by atoms with E-state index in [4.69, 9.17) is 16.0 Å². The van der Waals surface area contributed by atoms with Gasteiger partial charge in [-0.1, -0.05) is 6.07 Å². The van der Waals surface area contributed by atoms with Gasteiger partial charge in [-0.05, 0) is 25.0 Å². The Bertz CT molecular complexity index is 1120. The molecule has 4 rings (SSSR count). The van der Waals surface area contributed by atoms with Crippen LogP contribution >= 0.6 is 0 Å². The first-order valence-corrected chi connectivity index (χ1v) is 10.0. The number of benzene rings is 1. The minimum Gasteiger partial charge on any atom is -0.347 e. The van der Waals surface area contributed by atoms with Crippen molar-refractivity contribution in [2.45, 2.75) is 18.9 Å². The largest absolute Gasteiger partial charge is 0.347 e. The summed E-state index contributed by atoms with van der Waals surface area (Å²) < 4.78 is 14.4. The fourth-order valence-electron chi connectivity index (χ4n) is 3.50. The van der Waals surface area contributed by atoms with Crippen LogP contribution in [0.3, 0.4) is 0 Å². The van der Waals surface area contributed by atoms with Crippen LogP contribution in [-0.2, 0) is 0 Å². The van der Waals surface area contributed by atoms with Gasteiger partial charge in [0, 0.05) is 68.5 Å². The summed E-state index contributed by atoms with van der Waals surface area (Å²) in [6.45, 7) is 1.53. The van der Waals surface area contributed by atoms with Gasteiger partial charge in [0.15, 0.2) is 0 Å². The number of piperidine rings is 1. The van der Waals surface area contributed by atoms with Gasteiger partial charge in [-0.25, -0.2) is 24.3 Å². The Morgan fingerprint density at radius 1 is 1.10 bits per heavy atom. The van der Waals surface area contributed by atoms with Crippen molar-refractivity contribution in [3.8, 4) is 28.5 Å². The molecule has 158 valence electrons. The van der Waals surface area contributed by atoms with E-state index < -0.39 is 5.82 Å². The Morgan fingerprint density at radius 2 is 1.81 bits per heavy atom. The monoisotopic (exact) mass is 418 g/mol. The maximum absolute atomic E-state index is 14.4. The Balaban J connectivity index is 1.80. The first-order chi connectivity index (χ1) is 15.0. The predicted molar refractivity (Wildman–Crippen MR) is 117 cm³/mol. The summed E-state index contributed by atoms with van der Waals surface area (Å²) in [5, 5.41) is 9.07. The van der Waals surface area contributed by atoms with Crippen molar-refractivity contribution in [2.24, 2.45) is 5.73 Å². The Morgan fingerprint density at radius 3 is 2.42 bits per heavy atom.